The molecule has 2 aromatic rings. The van der Waals surface area contributed by atoms with Crippen LogP contribution in [0.1, 0.15) is 17.4 Å². The number of benzene rings is 2. The van der Waals surface area contributed by atoms with E-state index in [9.17, 15) is 10.1 Å². The van der Waals surface area contributed by atoms with E-state index >= 15 is 0 Å². The zero-order chi connectivity index (χ0) is 20.2. The van der Waals surface area contributed by atoms with Gasteiger partial charge < -0.3 is 23.7 Å². The van der Waals surface area contributed by atoms with E-state index in [4.69, 9.17) is 23.7 Å². The second-order valence-corrected chi connectivity index (χ2v) is 6.99. The first-order chi connectivity index (χ1) is 14.2. The zero-order valence-corrected chi connectivity index (χ0v) is 16.0. The van der Waals surface area contributed by atoms with Crippen LogP contribution in [-0.2, 0) is 30.3 Å². The highest BCUT2D eigenvalue weighted by molar-refractivity contribution is 5.17. The molecule has 0 saturated carbocycles. The van der Waals surface area contributed by atoms with Crippen molar-refractivity contribution in [3.63, 3.8) is 0 Å². The number of rotatable bonds is 6. The van der Waals surface area contributed by atoms with Crippen molar-refractivity contribution in [3.8, 4) is 0 Å². The van der Waals surface area contributed by atoms with Gasteiger partial charge in [-0.05, 0) is 5.56 Å². The Balaban J connectivity index is 1.55. The van der Waals surface area contributed by atoms with E-state index in [1.54, 1.807) is 0 Å². The number of methoxy groups -OCH3 is 1. The molecule has 0 aliphatic carbocycles. The predicted octanol–water partition coefficient (Wildman–Crippen LogP) is 2.70. The van der Waals surface area contributed by atoms with Crippen molar-refractivity contribution < 1.29 is 28.6 Å². The third-order valence-corrected chi connectivity index (χ3v) is 5.14. The molecule has 8 heteroatoms. The minimum absolute atomic E-state index is 0.167. The molecule has 0 aromatic heterocycles. The van der Waals surface area contributed by atoms with Gasteiger partial charge in [0.05, 0.1) is 13.2 Å². The number of nitro groups is 1. The number of hydrogen-bond donors (Lipinski definition) is 0. The number of hydrogen-bond acceptors (Lipinski definition) is 7. The van der Waals surface area contributed by atoms with E-state index in [-0.39, 0.29) is 18.1 Å². The summed E-state index contributed by atoms with van der Waals surface area (Å²) < 4.78 is 29.0. The highest BCUT2D eigenvalue weighted by Crippen LogP contribution is 2.36. The summed E-state index contributed by atoms with van der Waals surface area (Å²) in [6.45, 7) is 0.370. The van der Waals surface area contributed by atoms with Crippen LogP contribution in [0.25, 0.3) is 0 Å². The molecule has 6 atom stereocenters. The van der Waals surface area contributed by atoms with Crippen LogP contribution < -0.4 is 0 Å². The van der Waals surface area contributed by atoms with Crippen LogP contribution in [0.4, 0.5) is 0 Å². The molecule has 8 nitrogen and oxygen atoms in total. The van der Waals surface area contributed by atoms with Gasteiger partial charge in [-0.1, -0.05) is 60.7 Å². The van der Waals surface area contributed by atoms with Crippen molar-refractivity contribution in [2.75, 3.05) is 13.7 Å². The predicted molar refractivity (Wildman–Crippen MR) is 101 cm³/mol. The molecule has 2 aliphatic rings. The van der Waals surface area contributed by atoms with Gasteiger partial charge in [-0.2, -0.15) is 0 Å². The van der Waals surface area contributed by atoms with Crippen LogP contribution in [0.15, 0.2) is 60.7 Å². The van der Waals surface area contributed by atoms with Crippen LogP contribution >= 0.6 is 0 Å². The SMILES string of the molecule is CO[C@@H]1O[C@@H]2CO[C@@H](c3ccccc3)O[C@H]2[C@H]([N+](=O)[O-])[C@H]1OCc1ccccc1. The summed E-state index contributed by atoms with van der Waals surface area (Å²) in [5.74, 6) is 0. The van der Waals surface area contributed by atoms with Gasteiger partial charge in [0, 0.05) is 17.6 Å². The van der Waals surface area contributed by atoms with Crippen LogP contribution in [0, 0.1) is 10.1 Å². The van der Waals surface area contributed by atoms with Crippen LogP contribution in [0.5, 0.6) is 0 Å². The van der Waals surface area contributed by atoms with E-state index in [1.165, 1.54) is 7.11 Å². The van der Waals surface area contributed by atoms with Gasteiger partial charge in [0.15, 0.2) is 24.8 Å². The summed E-state index contributed by atoms with van der Waals surface area (Å²) in [5, 5.41) is 12.0. The molecule has 2 heterocycles. The Hall–Kier alpha value is -2.36. The fourth-order valence-corrected chi connectivity index (χ4v) is 3.72. The Labute approximate surface area is 168 Å². The van der Waals surface area contributed by atoms with Gasteiger partial charge in [0.1, 0.15) is 6.10 Å². The number of fused-ring (bicyclic) bond motifs is 1. The summed E-state index contributed by atoms with van der Waals surface area (Å²) in [6, 6.07) is 17.6. The average molecular weight is 401 g/mol. The summed E-state index contributed by atoms with van der Waals surface area (Å²) in [6.07, 6.45) is -3.96. The molecule has 2 aliphatic heterocycles. The van der Waals surface area contributed by atoms with Crippen molar-refractivity contribution in [1.82, 2.24) is 0 Å². The Bertz CT molecular complexity index is 797. The van der Waals surface area contributed by atoms with Crippen LogP contribution in [-0.4, -0.2) is 49.3 Å². The maximum atomic E-state index is 12.0. The molecule has 154 valence electrons. The first kappa shape index (κ1) is 19.9. The molecule has 0 unspecified atom stereocenters. The summed E-state index contributed by atoms with van der Waals surface area (Å²) in [5.41, 5.74) is 1.70. The van der Waals surface area contributed by atoms with Crippen molar-refractivity contribution in [3.05, 3.63) is 81.9 Å². The molecule has 0 radical (unpaired) electrons. The minimum atomic E-state index is -1.16. The number of ether oxygens (including phenoxy) is 5. The smallest absolute Gasteiger partial charge is 0.272 e. The lowest BCUT2D eigenvalue weighted by molar-refractivity contribution is -0.575. The maximum absolute atomic E-state index is 12.0. The van der Waals surface area contributed by atoms with E-state index in [0.29, 0.717) is 0 Å². The fraction of sp³-hybridized carbons (Fsp3) is 0.429. The van der Waals surface area contributed by atoms with E-state index in [0.717, 1.165) is 11.1 Å². The Morgan fingerprint density at radius 2 is 1.76 bits per heavy atom. The topological polar surface area (TPSA) is 89.3 Å². The molecule has 0 N–H and O–H groups in total. The van der Waals surface area contributed by atoms with E-state index in [2.05, 4.69) is 0 Å². The van der Waals surface area contributed by atoms with Gasteiger partial charge in [0.2, 0.25) is 0 Å². The summed E-state index contributed by atoms with van der Waals surface area (Å²) >= 11 is 0. The van der Waals surface area contributed by atoms with E-state index in [1.807, 2.05) is 60.7 Å². The second-order valence-electron chi connectivity index (χ2n) is 6.99. The lowest BCUT2D eigenvalue weighted by atomic mass is 9.95. The monoisotopic (exact) mass is 401 g/mol. The highest BCUT2D eigenvalue weighted by atomic mass is 16.8. The highest BCUT2D eigenvalue weighted by Gasteiger charge is 2.57. The first-order valence-corrected chi connectivity index (χ1v) is 9.46. The third-order valence-electron chi connectivity index (χ3n) is 5.14. The van der Waals surface area contributed by atoms with Crippen molar-refractivity contribution in [2.45, 2.75) is 43.5 Å². The van der Waals surface area contributed by atoms with Gasteiger partial charge >= 0.3 is 0 Å². The standard InChI is InChI=1S/C21H23NO7/c1-25-21-19(26-12-14-8-4-2-5-9-14)17(22(23)24)18-16(28-21)13-27-20(29-18)15-10-6-3-7-11-15/h2-11,16-21H,12-13H2,1H3/t16-,17+,18-,19-,20-,21-/m1/s1. The molecule has 4 rings (SSSR count). The van der Waals surface area contributed by atoms with Gasteiger partial charge in [-0.25, -0.2) is 0 Å². The lowest BCUT2D eigenvalue weighted by Gasteiger charge is -2.45. The van der Waals surface area contributed by atoms with Gasteiger partial charge in [0.25, 0.3) is 6.04 Å². The second kappa shape index (κ2) is 8.98. The average Bonchev–Trinajstić information content (AvgIpc) is 2.77. The minimum Gasteiger partial charge on any atom is -0.361 e. The van der Waals surface area contributed by atoms with Crippen molar-refractivity contribution in [1.29, 1.82) is 0 Å². The van der Waals surface area contributed by atoms with Crippen molar-refractivity contribution >= 4 is 0 Å². The van der Waals surface area contributed by atoms with Gasteiger partial charge in [-0.15, -0.1) is 0 Å². The van der Waals surface area contributed by atoms with Crippen LogP contribution in [0.3, 0.4) is 0 Å². The molecule has 0 spiro atoms. The molecule has 0 amide bonds. The molecule has 0 bridgehead atoms. The summed E-state index contributed by atoms with van der Waals surface area (Å²) in [7, 11) is 1.44. The molecule has 2 fully saturated rings. The quantitative estimate of drug-likeness (QED) is 0.543. The largest absolute Gasteiger partial charge is 0.361 e. The zero-order valence-electron chi connectivity index (χ0n) is 16.0. The molecule has 2 aromatic carbocycles. The van der Waals surface area contributed by atoms with Crippen molar-refractivity contribution in [2.24, 2.45) is 0 Å². The molecule has 2 saturated heterocycles. The summed E-state index contributed by atoms with van der Waals surface area (Å²) in [4.78, 5) is 11.7. The van der Waals surface area contributed by atoms with E-state index < -0.39 is 36.9 Å². The third kappa shape index (κ3) is 4.31. The number of nitrogens with zero attached hydrogens (tertiary/aromatic N) is 1. The fourth-order valence-electron chi connectivity index (χ4n) is 3.72. The molecular weight excluding hydrogens is 378 g/mol. The normalized spacial score (nSPS) is 31.8. The molecule has 29 heavy (non-hydrogen) atoms. The lowest BCUT2D eigenvalue weighted by Crippen LogP contribution is -2.65. The Morgan fingerprint density at radius 3 is 2.41 bits per heavy atom. The maximum Gasteiger partial charge on any atom is 0.272 e. The van der Waals surface area contributed by atoms with Crippen LogP contribution in [0.2, 0.25) is 0 Å². The Morgan fingerprint density at radius 1 is 1.07 bits per heavy atom. The molecular formula is C21H23NO7. The first-order valence-electron chi connectivity index (χ1n) is 9.46. The Kier molecular flexibility index (Phi) is 6.17. The van der Waals surface area contributed by atoms with Gasteiger partial charge in [-0.3, -0.25) is 10.1 Å².